The van der Waals surface area contributed by atoms with Crippen LogP contribution in [-0.4, -0.2) is 27.9 Å². The SMILES string of the molecule is Cc1cc([N+](=O)[O-])ccc1C(=O)N[C@@H](CC(C)C)C(=O)O. The first kappa shape index (κ1) is 16.6. The molecule has 0 bridgehead atoms. The van der Waals surface area contributed by atoms with Gasteiger partial charge >= 0.3 is 5.97 Å². The van der Waals surface area contributed by atoms with E-state index in [1.807, 2.05) is 13.8 Å². The molecule has 1 aromatic carbocycles. The van der Waals surface area contributed by atoms with Crippen molar-refractivity contribution in [2.45, 2.75) is 33.2 Å². The second kappa shape index (κ2) is 6.83. The highest BCUT2D eigenvalue weighted by atomic mass is 16.6. The van der Waals surface area contributed by atoms with E-state index in [0.29, 0.717) is 12.0 Å². The topological polar surface area (TPSA) is 110 Å². The number of aliphatic carboxylic acids is 1. The van der Waals surface area contributed by atoms with Gasteiger partial charge in [0, 0.05) is 17.7 Å². The molecule has 21 heavy (non-hydrogen) atoms. The Balaban J connectivity index is 2.92. The van der Waals surface area contributed by atoms with E-state index in [2.05, 4.69) is 5.32 Å². The summed E-state index contributed by atoms with van der Waals surface area (Å²) in [5.41, 5.74) is 0.548. The summed E-state index contributed by atoms with van der Waals surface area (Å²) < 4.78 is 0. The van der Waals surface area contributed by atoms with Gasteiger partial charge in [-0.2, -0.15) is 0 Å². The van der Waals surface area contributed by atoms with Crippen molar-refractivity contribution in [3.8, 4) is 0 Å². The Bertz CT molecular complexity index is 568. The summed E-state index contributed by atoms with van der Waals surface area (Å²) in [5, 5.41) is 22.2. The Morgan fingerprint density at radius 2 is 2.00 bits per heavy atom. The van der Waals surface area contributed by atoms with Gasteiger partial charge in [0.2, 0.25) is 0 Å². The lowest BCUT2D eigenvalue weighted by Crippen LogP contribution is -2.41. The average Bonchev–Trinajstić information content (AvgIpc) is 2.36. The van der Waals surface area contributed by atoms with Gasteiger partial charge in [-0.25, -0.2) is 4.79 Å². The number of carbonyl (C=O) groups is 2. The molecular weight excluding hydrogens is 276 g/mol. The molecule has 1 aromatic rings. The highest BCUT2D eigenvalue weighted by Crippen LogP contribution is 2.17. The number of rotatable bonds is 6. The van der Waals surface area contributed by atoms with Gasteiger partial charge in [-0.15, -0.1) is 0 Å². The number of nitro benzene ring substituents is 1. The fraction of sp³-hybridized carbons (Fsp3) is 0.429. The van der Waals surface area contributed by atoms with Crippen LogP contribution in [0.1, 0.15) is 36.2 Å². The van der Waals surface area contributed by atoms with Crippen LogP contribution in [-0.2, 0) is 4.79 Å². The number of nitro groups is 1. The molecule has 114 valence electrons. The van der Waals surface area contributed by atoms with Gasteiger partial charge in [0.05, 0.1) is 4.92 Å². The maximum absolute atomic E-state index is 12.1. The van der Waals surface area contributed by atoms with Crippen molar-refractivity contribution >= 4 is 17.6 Å². The Hall–Kier alpha value is -2.44. The van der Waals surface area contributed by atoms with E-state index in [-0.39, 0.29) is 17.2 Å². The molecule has 1 amide bonds. The molecule has 7 heteroatoms. The van der Waals surface area contributed by atoms with Crippen LogP contribution in [0, 0.1) is 23.0 Å². The van der Waals surface area contributed by atoms with E-state index in [1.54, 1.807) is 6.92 Å². The van der Waals surface area contributed by atoms with Crippen molar-refractivity contribution in [1.82, 2.24) is 5.32 Å². The summed E-state index contributed by atoms with van der Waals surface area (Å²) >= 11 is 0. The summed E-state index contributed by atoms with van der Waals surface area (Å²) in [6, 6.07) is 2.86. The molecule has 0 saturated heterocycles. The summed E-state index contributed by atoms with van der Waals surface area (Å²) in [6.45, 7) is 5.29. The van der Waals surface area contributed by atoms with Crippen molar-refractivity contribution < 1.29 is 19.6 Å². The molecule has 0 unspecified atom stereocenters. The average molecular weight is 294 g/mol. The van der Waals surface area contributed by atoms with Gasteiger partial charge in [0.25, 0.3) is 11.6 Å². The third-order valence-corrected chi connectivity index (χ3v) is 2.98. The lowest BCUT2D eigenvalue weighted by atomic mass is 10.0. The van der Waals surface area contributed by atoms with Gasteiger partial charge in [-0.1, -0.05) is 13.8 Å². The number of carboxylic acid groups (broad SMARTS) is 1. The molecule has 0 aliphatic heterocycles. The predicted octanol–water partition coefficient (Wildman–Crippen LogP) is 2.13. The molecule has 0 radical (unpaired) electrons. The zero-order chi connectivity index (χ0) is 16.2. The number of aryl methyl sites for hydroxylation is 1. The van der Waals surface area contributed by atoms with Crippen molar-refractivity contribution in [2.75, 3.05) is 0 Å². The first-order valence-electron chi connectivity index (χ1n) is 6.51. The van der Waals surface area contributed by atoms with Crippen LogP contribution in [0.5, 0.6) is 0 Å². The largest absolute Gasteiger partial charge is 0.480 e. The summed E-state index contributed by atoms with van der Waals surface area (Å²) in [6.07, 6.45) is 0.313. The van der Waals surface area contributed by atoms with Crippen molar-refractivity contribution in [1.29, 1.82) is 0 Å². The van der Waals surface area contributed by atoms with Crippen LogP contribution in [0.3, 0.4) is 0 Å². The molecule has 7 nitrogen and oxygen atoms in total. The standard InChI is InChI=1S/C14H18N2O5/c1-8(2)6-12(14(18)19)15-13(17)11-5-4-10(16(20)21)7-9(11)3/h4-5,7-8,12H,6H2,1-3H3,(H,15,17)(H,18,19)/t12-/m0/s1. The molecule has 0 aliphatic rings. The number of benzene rings is 1. The molecule has 1 atom stereocenters. The van der Waals surface area contributed by atoms with E-state index < -0.39 is 22.8 Å². The maximum Gasteiger partial charge on any atom is 0.326 e. The highest BCUT2D eigenvalue weighted by molar-refractivity contribution is 5.98. The van der Waals surface area contributed by atoms with Crippen LogP contribution >= 0.6 is 0 Å². The van der Waals surface area contributed by atoms with Gasteiger partial charge in [-0.3, -0.25) is 14.9 Å². The van der Waals surface area contributed by atoms with E-state index >= 15 is 0 Å². The third kappa shape index (κ3) is 4.55. The number of nitrogens with zero attached hydrogens (tertiary/aromatic N) is 1. The number of hydrogen-bond acceptors (Lipinski definition) is 4. The molecule has 0 aliphatic carbocycles. The number of carbonyl (C=O) groups excluding carboxylic acids is 1. The fourth-order valence-corrected chi connectivity index (χ4v) is 1.95. The Morgan fingerprint density at radius 1 is 1.38 bits per heavy atom. The Morgan fingerprint density at radius 3 is 2.43 bits per heavy atom. The molecule has 0 spiro atoms. The zero-order valence-electron chi connectivity index (χ0n) is 12.1. The summed E-state index contributed by atoms with van der Waals surface area (Å²) in [5.74, 6) is -1.53. The minimum atomic E-state index is -1.10. The predicted molar refractivity (Wildman–Crippen MR) is 76.2 cm³/mol. The van der Waals surface area contributed by atoms with Crippen molar-refractivity contribution in [2.24, 2.45) is 5.92 Å². The second-order valence-electron chi connectivity index (χ2n) is 5.25. The first-order valence-corrected chi connectivity index (χ1v) is 6.51. The van der Waals surface area contributed by atoms with E-state index in [9.17, 15) is 19.7 Å². The van der Waals surface area contributed by atoms with Crippen LogP contribution in [0.25, 0.3) is 0 Å². The normalized spacial score (nSPS) is 12.0. The Labute approximate surface area is 122 Å². The molecular formula is C14H18N2O5. The number of carboxylic acids is 1. The van der Waals surface area contributed by atoms with Crippen LogP contribution in [0.2, 0.25) is 0 Å². The van der Waals surface area contributed by atoms with Gasteiger partial charge in [0.1, 0.15) is 6.04 Å². The Kier molecular flexibility index (Phi) is 5.40. The molecule has 1 rings (SSSR count). The molecule has 2 N–H and O–H groups in total. The first-order chi connectivity index (χ1) is 9.72. The van der Waals surface area contributed by atoms with Crippen molar-refractivity contribution in [3.05, 3.63) is 39.4 Å². The van der Waals surface area contributed by atoms with Crippen LogP contribution in [0.15, 0.2) is 18.2 Å². The molecule has 0 saturated carbocycles. The zero-order valence-corrected chi connectivity index (χ0v) is 12.1. The van der Waals surface area contributed by atoms with E-state index in [1.165, 1.54) is 18.2 Å². The second-order valence-corrected chi connectivity index (χ2v) is 5.25. The fourth-order valence-electron chi connectivity index (χ4n) is 1.95. The summed E-state index contributed by atoms with van der Waals surface area (Å²) in [4.78, 5) is 33.3. The van der Waals surface area contributed by atoms with Crippen LogP contribution < -0.4 is 5.32 Å². The van der Waals surface area contributed by atoms with Gasteiger partial charge in [0.15, 0.2) is 0 Å². The quantitative estimate of drug-likeness (QED) is 0.617. The molecule has 0 aromatic heterocycles. The maximum atomic E-state index is 12.1. The van der Waals surface area contributed by atoms with E-state index in [0.717, 1.165) is 0 Å². The van der Waals surface area contributed by atoms with E-state index in [4.69, 9.17) is 5.11 Å². The number of nitrogens with one attached hydrogen (secondary N) is 1. The van der Waals surface area contributed by atoms with Gasteiger partial charge < -0.3 is 10.4 Å². The number of non-ortho nitro benzene ring substituents is 1. The minimum Gasteiger partial charge on any atom is -0.480 e. The number of hydrogen-bond donors (Lipinski definition) is 2. The minimum absolute atomic E-state index is 0.110. The molecule has 0 fully saturated rings. The number of amides is 1. The smallest absolute Gasteiger partial charge is 0.326 e. The third-order valence-electron chi connectivity index (χ3n) is 2.98. The lowest BCUT2D eigenvalue weighted by Gasteiger charge is -2.17. The van der Waals surface area contributed by atoms with Crippen LogP contribution in [0.4, 0.5) is 5.69 Å². The molecule has 0 heterocycles. The lowest BCUT2D eigenvalue weighted by molar-refractivity contribution is -0.384. The summed E-state index contributed by atoms with van der Waals surface area (Å²) in [7, 11) is 0. The van der Waals surface area contributed by atoms with Gasteiger partial charge in [-0.05, 0) is 30.9 Å². The van der Waals surface area contributed by atoms with Crippen molar-refractivity contribution in [3.63, 3.8) is 0 Å². The monoisotopic (exact) mass is 294 g/mol. The highest BCUT2D eigenvalue weighted by Gasteiger charge is 2.23.